The average molecular weight is 584 g/mol. The summed E-state index contributed by atoms with van der Waals surface area (Å²) >= 11 is 0. The second kappa shape index (κ2) is 13.7. The molecule has 3 aromatic rings. The lowest BCUT2D eigenvalue weighted by Gasteiger charge is -2.34. The van der Waals surface area contributed by atoms with Crippen molar-refractivity contribution in [1.82, 2.24) is 10.2 Å². The second-order valence-electron chi connectivity index (χ2n) is 10.2. The lowest BCUT2D eigenvalue weighted by Crippen LogP contribution is -2.54. The van der Waals surface area contributed by atoms with Crippen molar-refractivity contribution in [2.24, 2.45) is 0 Å². The molecular formula is C31H35F2N3O4S. The van der Waals surface area contributed by atoms with E-state index in [2.05, 4.69) is 5.32 Å². The Balaban J connectivity index is 1.70. The molecule has 41 heavy (non-hydrogen) atoms. The number of anilines is 1. The van der Waals surface area contributed by atoms with E-state index in [0.29, 0.717) is 5.56 Å². The van der Waals surface area contributed by atoms with Crippen LogP contribution in [-0.2, 0) is 26.2 Å². The van der Waals surface area contributed by atoms with Gasteiger partial charge in [0, 0.05) is 12.6 Å². The third-order valence-corrected chi connectivity index (χ3v) is 9.11. The van der Waals surface area contributed by atoms with Crippen LogP contribution in [0.2, 0.25) is 0 Å². The first kappa shape index (κ1) is 30.2. The van der Waals surface area contributed by atoms with Gasteiger partial charge in [-0.25, -0.2) is 17.2 Å². The molecule has 1 saturated carbocycles. The van der Waals surface area contributed by atoms with E-state index < -0.39 is 40.2 Å². The zero-order valence-electron chi connectivity index (χ0n) is 23.0. The summed E-state index contributed by atoms with van der Waals surface area (Å²) in [7, 11) is -4.36. The van der Waals surface area contributed by atoms with Crippen LogP contribution in [0.15, 0.2) is 83.8 Å². The topological polar surface area (TPSA) is 86.8 Å². The third-order valence-electron chi connectivity index (χ3n) is 7.33. The Bertz CT molecular complexity index is 1430. The standard InChI is InChI=1S/C31H35F2N3O4S/c1-2-28(31(38)34-25-11-5-3-6-12-25)35(21-23-17-19-24(32)20-18-23)30(37)22-36(29-16-10-9-15-27(29)33)41(39,40)26-13-7-4-8-14-26/h4,7-10,13-20,25,28H,2-3,5-6,11-12,21-22H2,1H3,(H,34,38). The van der Waals surface area contributed by atoms with Crippen molar-refractivity contribution in [2.75, 3.05) is 10.8 Å². The minimum absolute atomic E-state index is 0.00134. The normalized spacial score (nSPS) is 14.7. The Morgan fingerprint density at radius 2 is 1.54 bits per heavy atom. The molecular weight excluding hydrogens is 548 g/mol. The molecule has 0 saturated heterocycles. The van der Waals surface area contributed by atoms with Crippen LogP contribution in [0.25, 0.3) is 0 Å². The first-order chi connectivity index (χ1) is 19.7. The lowest BCUT2D eigenvalue weighted by molar-refractivity contribution is -0.140. The van der Waals surface area contributed by atoms with Crippen LogP contribution in [0, 0.1) is 11.6 Å². The summed E-state index contributed by atoms with van der Waals surface area (Å²) in [6, 6.07) is 17.4. The van der Waals surface area contributed by atoms with Crippen LogP contribution < -0.4 is 9.62 Å². The fourth-order valence-corrected chi connectivity index (χ4v) is 6.58. The predicted molar refractivity (Wildman–Crippen MR) is 153 cm³/mol. The van der Waals surface area contributed by atoms with Crippen LogP contribution in [0.5, 0.6) is 0 Å². The number of carbonyl (C=O) groups excluding carboxylic acids is 2. The Kier molecular flexibility index (Phi) is 10.1. The van der Waals surface area contributed by atoms with Gasteiger partial charge < -0.3 is 10.2 Å². The van der Waals surface area contributed by atoms with Gasteiger partial charge in [-0.05, 0) is 61.2 Å². The molecule has 0 aromatic heterocycles. The van der Waals surface area contributed by atoms with E-state index >= 15 is 4.39 Å². The van der Waals surface area contributed by atoms with Crippen LogP contribution >= 0.6 is 0 Å². The summed E-state index contributed by atoms with van der Waals surface area (Å²) in [6.45, 7) is 0.962. The van der Waals surface area contributed by atoms with E-state index in [-0.39, 0.29) is 35.5 Å². The van der Waals surface area contributed by atoms with Crippen molar-refractivity contribution in [3.63, 3.8) is 0 Å². The van der Waals surface area contributed by atoms with Gasteiger partial charge in [-0.3, -0.25) is 13.9 Å². The van der Waals surface area contributed by atoms with Gasteiger partial charge >= 0.3 is 0 Å². The fraction of sp³-hybridized carbons (Fsp3) is 0.355. The molecule has 10 heteroatoms. The number of sulfonamides is 1. The number of benzene rings is 3. The molecule has 1 fully saturated rings. The molecule has 0 radical (unpaired) electrons. The zero-order chi connectivity index (χ0) is 29.4. The summed E-state index contributed by atoms with van der Waals surface area (Å²) in [6.07, 6.45) is 5.09. The van der Waals surface area contributed by atoms with Crippen molar-refractivity contribution >= 4 is 27.5 Å². The van der Waals surface area contributed by atoms with Crippen molar-refractivity contribution < 1.29 is 26.8 Å². The zero-order valence-corrected chi connectivity index (χ0v) is 23.8. The minimum Gasteiger partial charge on any atom is -0.352 e. The number of para-hydroxylation sites is 1. The molecule has 1 N–H and O–H groups in total. The van der Waals surface area contributed by atoms with Crippen molar-refractivity contribution in [1.29, 1.82) is 0 Å². The maximum Gasteiger partial charge on any atom is 0.264 e. The highest BCUT2D eigenvalue weighted by atomic mass is 32.2. The number of nitrogens with one attached hydrogen (secondary N) is 1. The Labute approximate surface area is 240 Å². The molecule has 3 aromatic carbocycles. The van der Waals surface area contributed by atoms with Gasteiger partial charge in [-0.2, -0.15) is 0 Å². The van der Waals surface area contributed by atoms with Crippen LogP contribution in [0.3, 0.4) is 0 Å². The number of halogens is 2. The molecule has 1 unspecified atom stereocenters. The quantitative estimate of drug-likeness (QED) is 0.327. The third kappa shape index (κ3) is 7.49. The van der Waals surface area contributed by atoms with Crippen molar-refractivity contribution in [3.05, 3.63) is 96.1 Å². The maximum atomic E-state index is 15.0. The first-order valence-corrected chi connectivity index (χ1v) is 15.3. The van der Waals surface area contributed by atoms with Crippen LogP contribution in [-0.4, -0.2) is 43.8 Å². The van der Waals surface area contributed by atoms with Gasteiger partial charge in [0.1, 0.15) is 24.2 Å². The van der Waals surface area contributed by atoms with E-state index in [0.717, 1.165) is 42.5 Å². The number of hydrogen-bond acceptors (Lipinski definition) is 4. The molecule has 0 heterocycles. The van der Waals surface area contributed by atoms with Gasteiger partial charge in [0.25, 0.3) is 10.0 Å². The van der Waals surface area contributed by atoms with Crippen LogP contribution in [0.1, 0.15) is 51.0 Å². The van der Waals surface area contributed by atoms with Crippen molar-refractivity contribution in [3.8, 4) is 0 Å². The monoisotopic (exact) mass is 583 g/mol. The van der Waals surface area contributed by atoms with Gasteiger partial charge in [0.2, 0.25) is 11.8 Å². The lowest BCUT2D eigenvalue weighted by atomic mass is 9.95. The number of hydrogen-bond donors (Lipinski definition) is 1. The van der Waals surface area contributed by atoms with Gasteiger partial charge in [-0.15, -0.1) is 0 Å². The van der Waals surface area contributed by atoms with Crippen LogP contribution in [0.4, 0.5) is 14.5 Å². The fourth-order valence-electron chi connectivity index (χ4n) is 5.14. The maximum absolute atomic E-state index is 15.0. The molecule has 1 aliphatic rings. The number of nitrogens with zero attached hydrogens (tertiary/aromatic N) is 2. The predicted octanol–water partition coefficient (Wildman–Crippen LogP) is 5.42. The summed E-state index contributed by atoms with van der Waals surface area (Å²) in [5.74, 6) is -2.29. The van der Waals surface area contributed by atoms with E-state index in [9.17, 15) is 22.4 Å². The average Bonchev–Trinajstić information content (AvgIpc) is 2.98. The molecule has 218 valence electrons. The molecule has 0 spiro atoms. The molecule has 4 rings (SSSR count). The molecule has 7 nitrogen and oxygen atoms in total. The van der Waals surface area contributed by atoms with E-state index in [1.54, 1.807) is 13.0 Å². The van der Waals surface area contributed by atoms with Crippen molar-refractivity contribution in [2.45, 2.75) is 69.0 Å². The first-order valence-electron chi connectivity index (χ1n) is 13.9. The molecule has 2 amide bonds. The Hall–Kier alpha value is -3.79. The van der Waals surface area contributed by atoms with E-state index in [1.807, 2.05) is 0 Å². The highest BCUT2D eigenvalue weighted by molar-refractivity contribution is 7.92. The molecule has 1 atom stereocenters. The summed E-state index contributed by atoms with van der Waals surface area (Å²) in [5.41, 5.74) is 0.276. The highest BCUT2D eigenvalue weighted by Crippen LogP contribution is 2.27. The summed E-state index contributed by atoms with van der Waals surface area (Å²) in [5, 5.41) is 3.07. The molecule has 0 aliphatic heterocycles. The van der Waals surface area contributed by atoms with Gasteiger partial charge in [-0.1, -0.05) is 68.7 Å². The summed E-state index contributed by atoms with van der Waals surface area (Å²) in [4.78, 5) is 28.7. The smallest absolute Gasteiger partial charge is 0.264 e. The largest absolute Gasteiger partial charge is 0.352 e. The van der Waals surface area contributed by atoms with Gasteiger partial charge in [0.05, 0.1) is 10.6 Å². The number of amides is 2. The minimum atomic E-state index is -4.36. The Morgan fingerprint density at radius 1 is 0.902 bits per heavy atom. The molecule has 1 aliphatic carbocycles. The van der Waals surface area contributed by atoms with Gasteiger partial charge in [0.15, 0.2) is 0 Å². The molecule has 0 bridgehead atoms. The second-order valence-corrected chi connectivity index (χ2v) is 12.1. The SMILES string of the molecule is CCC(C(=O)NC1CCCCC1)N(Cc1ccc(F)cc1)C(=O)CN(c1ccccc1F)S(=O)(=O)c1ccccc1. The van der Waals surface area contributed by atoms with E-state index in [4.69, 9.17) is 0 Å². The Morgan fingerprint density at radius 3 is 2.17 bits per heavy atom. The number of carbonyl (C=O) groups is 2. The summed E-state index contributed by atoms with van der Waals surface area (Å²) < 4.78 is 56.9. The van der Waals surface area contributed by atoms with E-state index in [1.165, 1.54) is 71.6 Å². The highest BCUT2D eigenvalue weighted by Gasteiger charge is 2.35. The number of rotatable bonds is 11.